The monoisotopic (exact) mass is 298 g/mol. The lowest BCUT2D eigenvalue weighted by atomic mass is 10.0. The molecule has 1 heterocycles. The minimum atomic E-state index is -0.252. The van der Waals surface area contributed by atoms with Crippen LogP contribution >= 0.6 is 0 Å². The number of carbonyl (C=O) groups excluding carboxylic acids is 1. The number of aryl methyl sites for hydroxylation is 1. The standard InChI is InChI=1S/C18H19FN2O/c1-13-4-10-16(11-5-13)20-18(22)21-12-2-3-17(21)14-6-8-15(19)9-7-14/h4-11,17H,2-3,12H2,1H3,(H,20,22)/t17-/m1/s1. The van der Waals surface area contributed by atoms with Crippen LogP contribution < -0.4 is 5.32 Å². The molecule has 2 aromatic carbocycles. The molecule has 1 atom stereocenters. The number of anilines is 1. The quantitative estimate of drug-likeness (QED) is 0.869. The summed E-state index contributed by atoms with van der Waals surface area (Å²) < 4.78 is 13.1. The topological polar surface area (TPSA) is 32.3 Å². The third-order valence-corrected chi connectivity index (χ3v) is 4.07. The number of hydrogen-bond acceptors (Lipinski definition) is 1. The van der Waals surface area contributed by atoms with Crippen LogP contribution in [0.25, 0.3) is 0 Å². The molecule has 1 fully saturated rings. The molecule has 1 N–H and O–H groups in total. The van der Waals surface area contributed by atoms with Gasteiger partial charge in [0.15, 0.2) is 0 Å². The van der Waals surface area contributed by atoms with E-state index in [9.17, 15) is 9.18 Å². The number of amides is 2. The second kappa shape index (κ2) is 6.18. The van der Waals surface area contributed by atoms with Gasteiger partial charge in [-0.3, -0.25) is 0 Å². The molecule has 1 aliphatic heterocycles. The van der Waals surface area contributed by atoms with Crippen LogP contribution in [0.2, 0.25) is 0 Å². The van der Waals surface area contributed by atoms with E-state index in [0.717, 1.165) is 36.2 Å². The summed E-state index contributed by atoms with van der Waals surface area (Å²) in [6, 6.07) is 14.1. The average Bonchev–Trinajstić information content (AvgIpc) is 3.00. The molecular formula is C18H19FN2O. The van der Waals surface area contributed by atoms with Crippen molar-refractivity contribution in [3.05, 3.63) is 65.5 Å². The van der Waals surface area contributed by atoms with Crippen LogP contribution in [0, 0.1) is 12.7 Å². The van der Waals surface area contributed by atoms with E-state index < -0.39 is 0 Å². The van der Waals surface area contributed by atoms with Crippen molar-refractivity contribution in [3.8, 4) is 0 Å². The zero-order valence-electron chi connectivity index (χ0n) is 12.6. The van der Waals surface area contributed by atoms with Gasteiger partial charge in [0.25, 0.3) is 0 Å². The summed E-state index contributed by atoms with van der Waals surface area (Å²) in [5.74, 6) is -0.252. The third-order valence-electron chi connectivity index (χ3n) is 4.07. The summed E-state index contributed by atoms with van der Waals surface area (Å²) in [7, 11) is 0. The maximum atomic E-state index is 13.1. The van der Waals surface area contributed by atoms with Crippen molar-refractivity contribution in [1.29, 1.82) is 0 Å². The number of rotatable bonds is 2. The molecule has 1 aliphatic rings. The summed E-state index contributed by atoms with van der Waals surface area (Å²) in [6.07, 6.45) is 1.87. The van der Waals surface area contributed by atoms with Gasteiger partial charge in [0.05, 0.1) is 6.04 Å². The molecule has 0 aliphatic carbocycles. The molecule has 2 amide bonds. The van der Waals surface area contributed by atoms with Gasteiger partial charge in [0.2, 0.25) is 0 Å². The number of urea groups is 1. The molecule has 0 bridgehead atoms. The highest BCUT2D eigenvalue weighted by atomic mass is 19.1. The van der Waals surface area contributed by atoms with Crippen LogP contribution in [0.15, 0.2) is 48.5 Å². The Kier molecular flexibility index (Phi) is 4.09. The maximum absolute atomic E-state index is 13.1. The molecule has 0 saturated carbocycles. The van der Waals surface area contributed by atoms with Crippen molar-refractivity contribution < 1.29 is 9.18 Å². The molecule has 0 radical (unpaired) electrons. The number of nitrogens with zero attached hydrogens (tertiary/aromatic N) is 1. The largest absolute Gasteiger partial charge is 0.322 e. The van der Waals surface area contributed by atoms with Gasteiger partial charge >= 0.3 is 6.03 Å². The first kappa shape index (κ1) is 14.6. The molecule has 0 spiro atoms. The molecule has 114 valence electrons. The Labute approximate surface area is 129 Å². The lowest BCUT2D eigenvalue weighted by Gasteiger charge is -2.25. The lowest BCUT2D eigenvalue weighted by Crippen LogP contribution is -2.34. The Morgan fingerprint density at radius 2 is 1.82 bits per heavy atom. The maximum Gasteiger partial charge on any atom is 0.322 e. The van der Waals surface area contributed by atoms with Crippen molar-refractivity contribution in [2.45, 2.75) is 25.8 Å². The third kappa shape index (κ3) is 3.11. The Balaban J connectivity index is 1.73. The number of halogens is 1. The van der Waals surface area contributed by atoms with Crippen molar-refractivity contribution in [2.75, 3.05) is 11.9 Å². The van der Waals surface area contributed by atoms with Crippen LogP contribution in [0.4, 0.5) is 14.9 Å². The minimum absolute atomic E-state index is 0.0195. The fourth-order valence-corrected chi connectivity index (χ4v) is 2.87. The molecule has 3 nitrogen and oxygen atoms in total. The van der Waals surface area contributed by atoms with E-state index in [0.29, 0.717) is 0 Å². The van der Waals surface area contributed by atoms with Crippen molar-refractivity contribution in [3.63, 3.8) is 0 Å². The zero-order chi connectivity index (χ0) is 15.5. The highest BCUT2D eigenvalue weighted by Crippen LogP contribution is 2.32. The van der Waals surface area contributed by atoms with E-state index in [1.54, 1.807) is 12.1 Å². The van der Waals surface area contributed by atoms with Crippen molar-refractivity contribution in [1.82, 2.24) is 4.90 Å². The van der Waals surface area contributed by atoms with Gasteiger partial charge < -0.3 is 10.2 Å². The lowest BCUT2D eigenvalue weighted by molar-refractivity contribution is 0.207. The first-order valence-electron chi connectivity index (χ1n) is 7.53. The van der Waals surface area contributed by atoms with E-state index in [2.05, 4.69) is 5.32 Å². The van der Waals surface area contributed by atoms with Gasteiger partial charge in [-0.25, -0.2) is 9.18 Å². The predicted molar refractivity (Wildman–Crippen MR) is 85.3 cm³/mol. The van der Waals surface area contributed by atoms with Crippen LogP contribution in [-0.2, 0) is 0 Å². The smallest absolute Gasteiger partial charge is 0.317 e. The van der Waals surface area contributed by atoms with Crippen LogP contribution in [-0.4, -0.2) is 17.5 Å². The molecule has 0 aromatic heterocycles. The molecule has 1 saturated heterocycles. The minimum Gasteiger partial charge on any atom is -0.317 e. The first-order valence-corrected chi connectivity index (χ1v) is 7.53. The number of nitrogens with one attached hydrogen (secondary N) is 1. The van der Waals surface area contributed by atoms with Crippen LogP contribution in [0.5, 0.6) is 0 Å². The molecule has 2 aromatic rings. The summed E-state index contributed by atoms with van der Waals surface area (Å²) >= 11 is 0. The number of benzene rings is 2. The molecular weight excluding hydrogens is 279 g/mol. The van der Waals surface area contributed by atoms with Crippen LogP contribution in [0.1, 0.15) is 30.0 Å². The SMILES string of the molecule is Cc1ccc(NC(=O)N2CCC[C@@H]2c2ccc(F)cc2)cc1. The Hall–Kier alpha value is -2.36. The van der Waals surface area contributed by atoms with E-state index in [-0.39, 0.29) is 17.9 Å². The van der Waals surface area contributed by atoms with Crippen molar-refractivity contribution in [2.24, 2.45) is 0 Å². The van der Waals surface area contributed by atoms with Gasteiger partial charge in [-0.2, -0.15) is 0 Å². The van der Waals surface area contributed by atoms with Crippen LogP contribution in [0.3, 0.4) is 0 Å². The Morgan fingerprint density at radius 1 is 1.14 bits per heavy atom. The second-order valence-electron chi connectivity index (χ2n) is 5.70. The normalized spacial score (nSPS) is 17.5. The van der Waals surface area contributed by atoms with Gasteiger partial charge in [-0.05, 0) is 49.6 Å². The molecule has 0 unspecified atom stereocenters. The highest BCUT2D eigenvalue weighted by Gasteiger charge is 2.29. The highest BCUT2D eigenvalue weighted by molar-refractivity contribution is 5.89. The van der Waals surface area contributed by atoms with E-state index >= 15 is 0 Å². The van der Waals surface area contributed by atoms with Gasteiger partial charge in [0.1, 0.15) is 5.82 Å². The van der Waals surface area contributed by atoms with Gasteiger partial charge in [-0.15, -0.1) is 0 Å². The number of carbonyl (C=O) groups is 1. The van der Waals surface area contributed by atoms with Gasteiger partial charge in [-0.1, -0.05) is 29.8 Å². The molecule has 4 heteroatoms. The van der Waals surface area contributed by atoms with E-state index in [1.165, 1.54) is 12.1 Å². The second-order valence-corrected chi connectivity index (χ2v) is 5.70. The van der Waals surface area contributed by atoms with Crippen molar-refractivity contribution >= 4 is 11.7 Å². The summed E-state index contributed by atoms with van der Waals surface area (Å²) in [4.78, 5) is 14.3. The van der Waals surface area contributed by atoms with Gasteiger partial charge in [0, 0.05) is 12.2 Å². The fraction of sp³-hybridized carbons (Fsp3) is 0.278. The molecule has 22 heavy (non-hydrogen) atoms. The van der Waals surface area contributed by atoms with E-state index in [1.807, 2.05) is 36.1 Å². The number of likely N-dealkylation sites (tertiary alicyclic amines) is 1. The Bertz CT molecular complexity index is 652. The summed E-state index contributed by atoms with van der Waals surface area (Å²) in [5.41, 5.74) is 2.93. The zero-order valence-corrected chi connectivity index (χ0v) is 12.6. The summed E-state index contributed by atoms with van der Waals surface area (Å²) in [6.45, 7) is 2.73. The average molecular weight is 298 g/mol. The fourth-order valence-electron chi connectivity index (χ4n) is 2.87. The first-order chi connectivity index (χ1) is 10.6. The number of hydrogen-bond donors (Lipinski definition) is 1. The predicted octanol–water partition coefficient (Wildman–Crippen LogP) is 4.50. The summed E-state index contributed by atoms with van der Waals surface area (Å²) in [5, 5.41) is 2.94. The van der Waals surface area contributed by atoms with E-state index in [4.69, 9.17) is 0 Å². The Morgan fingerprint density at radius 3 is 2.50 bits per heavy atom. The molecule has 3 rings (SSSR count).